The molecule has 2 N–H and O–H groups in total. The third-order valence-corrected chi connectivity index (χ3v) is 5.78. The first kappa shape index (κ1) is 16.2. The number of hydrogen-bond acceptors (Lipinski definition) is 2. The molecule has 1 fully saturated rings. The van der Waals surface area contributed by atoms with Crippen molar-refractivity contribution in [2.24, 2.45) is 11.8 Å². The van der Waals surface area contributed by atoms with Crippen LogP contribution >= 0.6 is 0 Å². The standard InChI is InChI=1S/C19H21F2N3O/c1-9(2)15-11-6-7-12(15)16-10(11)4-3-5-14(16)23-19(25)13-8-22-24-17(13)18(20)21/h3-5,8-9,11-12,15,18H,6-7H2,1-2H3,(H,22,24)(H,23,25). The monoisotopic (exact) mass is 345 g/mol. The van der Waals surface area contributed by atoms with Gasteiger partial charge in [0.25, 0.3) is 12.3 Å². The number of carbonyl (C=O) groups is 1. The number of rotatable bonds is 4. The van der Waals surface area contributed by atoms with Crippen LogP contribution in [0.25, 0.3) is 0 Å². The molecule has 1 saturated carbocycles. The number of carbonyl (C=O) groups excluding carboxylic acids is 1. The summed E-state index contributed by atoms with van der Waals surface area (Å²) in [5.74, 6) is 1.62. The first-order chi connectivity index (χ1) is 12.0. The van der Waals surface area contributed by atoms with Crippen molar-refractivity contribution in [3.05, 3.63) is 46.8 Å². The van der Waals surface area contributed by atoms with E-state index in [9.17, 15) is 13.6 Å². The Morgan fingerprint density at radius 2 is 2.04 bits per heavy atom. The Morgan fingerprint density at radius 3 is 2.76 bits per heavy atom. The number of nitrogens with one attached hydrogen (secondary N) is 2. The molecule has 0 saturated heterocycles. The van der Waals surface area contributed by atoms with Crippen molar-refractivity contribution in [2.45, 2.75) is 45.0 Å². The Morgan fingerprint density at radius 1 is 1.28 bits per heavy atom. The van der Waals surface area contributed by atoms with Crippen LogP contribution < -0.4 is 5.32 Å². The first-order valence-corrected chi connectivity index (χ1v) is 8.74. The second kappa shape index (κ2) is 5.93. The van der Waals surface area contributed by atoms with Crippen LogP contribution in [-0.4, -0.2) is 16.1 Å². The van der Waals surface area contributed by atoms with Crippen molar-refractivity contribution in [1.29, 1.82) is 0 Å². The van der Waals surface area contributed by atoms with Gasteiger partial charge in [-0.25, -0.2) is 8.78 Å². The van der Waals surface area contributed by atoms with E-state index in [0.29, 0.717) is 23.7 Å². The lowest BCUT2D eigenvalue weighted by Gasteiger charge is -2.21. The highest BCUT2D eigenvalue weighted by Gasteiger charge is 2.47. The Bertz CT molecular complexity index is 815. The van der Waals surface area contributed by atoms with Crippen molar-refractivity contribution >= 4 is 11.6 Å². The number of fused-ring (bicyclic) bond motifs is 5. The third kappa shape index (κ3) is 2.46. The summed E-state index contributed by atoms with van der Waals surface area (Å²) in [6, 6.07) is 5.96. The van der Waals surface area contributed by atoms with Gasteiger partial charge in [0.15, 0.2) is 0 Å². The maximum absolute atomic E-state index is 13.0. The number of halogens is 2. The SMILES string of the molecule is CC(C)C1C2CCC1c1c(NC(=O)c3cn[nH]c3C(F)F)cccc12. The van der Waals surface area contributed by atoms with Gasteiger partial charge in [-0.2, -0.15) is 5.10 Å². The van der Waals surface area contributed by atoms with Crippen LogP contribution in [0.5, 0.6) is 0 Å². The van der Waals surface area contributed by atoms with Gasteiger partial charge in [0.05, 0.1) is 11.8 Å². The quantitative estimate of drug-likeness (QED) is 0.832. The number of hydrogen-bond donors (Lipinski definition) is 2. The van der Waals surface area contributed by atoms with Crippen LogP contribution in [0, 0.1) is 11.8 Å². The summed E-state index contributed by atoms with van der Waals surface area (Å²) < 4.78 is 26.0. The van der Waals surface area contributed by atoms with Gasteiger partial charge < -0.3 is 5.32 Å². The van der Waals surface area contributed by atoms with Crippen molar-refractivity contribution in [3.63, 3.8) is 0 Å². The molecule has 1 amide bonds. The predicted octanol–water partition coefficient (Wildman–Crippen LogP) is 4.85. The van der Waals surface area contributed by atoms with Crippen LogP contribution in [0.4, 0.5) is 14.5 Å². The van der Waals surface area contributed by atoms with E-state index in [-0.39, 0.29) is 5.56 Å². The zero-order valence-corrected chi connectivity index (χ0v) is 14.2. The van der Waals surface area contributed by atoms with Gasteiger partial charge >= 0.3 is 0 Å². The van der Waals surface area contributed by atoms with E-state index in [0.717, 1.165) is 18.3 Å². The predicted molar refractivity (Wildman–Crippen MR) is 91.0 cm³/mol. The minimum Gasteiger partial charge on any atom is -0.322 e. The Labute approximate surface area is 145 Å². The summed E-state index contributed by atoms with van der Waals surface area (Å²) in [6.45, 7) is 4.50. The summed E-state index contributed by atoms with van der Waals surface area (Å²) in [6.07, 6.45) is 0.714. The van der Waals surface area contributed by atoms with Crippen LogP contribution in [0.15, 0.2) is 24.4 Å². The molecule has 2 aliphatic rings. The molecule has 25 heavy (non-hydrogen) atoms. The average Bonchev–Trinajstić information content (AvgIpc) is 3.28. The smallest absolute Gasteiger partial charge is 0.280 e. The van der Waals surface area contributed by atoms with Crippen LogP contribution in [0.2, 0.25) is 0 Å². The number of alkyl halides is 2. The van der Waals surface area contributed by atoms with Gasteiger partial charge in [0.2, 0.25) is 0 Å². The maximum Gasteiger partial charge on any atom is 0.280 e. The van der Waals surface area contributed by atoms with E-state index in [1.165, 1.54) is 17.5 Å². The van der Waals surface area contributed by atoms with Gasteiger partial charge in [-0.3, -0.25) is 9.89 Å². The molecule has 6 heteroatoms. The molecule has 1 heterocycles. The number of nitrogens with zero attached hydrogens (tertiary/aromatic N) is 1. The molecule has 2 bridgehead atoms. The first-order valence-electron chi connectivity index (χ1n) is 8.74. The second-order valence-electron chi connectivity index (χ2n) is 7.37. The molecular weight excluding hydrogens is 324 g/mol. The zero-order valence-electron chi connectivity index (χ0n) is 14.2. The van der Waals surface area contributed by atoms with Crippen molar-refractivity contribution in [2.75, 3.05) is 5.32 Å². The van der Waals surface area contributed by atoms with Crippen LogP contribution in [0.1, 0.15) is 72.1 Å². The largest absolute Gasteiger partial charge is 0.322 e. The summed E-state index contributed by atoms with van der Waals surface area (Å²) >= 11 is 0. The molecule has 0 radical (unpaired) electrons. The highest BCUT2D eigenvalue weighted by atomic mass is 19.3. The highest BCUT2D eigenvalue weighted by molar-refractivity contribution is 6.05. The van der Waals surface area contributed by atoms with Crippen molar-refractivity contribution < 1.29 is 13.6 Å². The Kier molecular flexibility index (Phi) is 3.85. The molecule has 0 spiro atoms. The number of anilines is 1. The maximum atomic E-state index is 13.0. The molecule has 3 atom stereocenters. The summed E-state index contributed by atoms with van der Waals surface area (Å²) in [5.41, 5.74) is 2.73. The van der Waals surface area contributed by atoms with E-state index in [1.54, 1.807) is 0 Å². The molecule has 4 rings (SSSR count). The molecule has 1 aromatic heterocycles. The van der Waals surface area contributed by atoms with E-state index in [2.05, 4.69) is 35.4 Å². The van der Waals surface area contributed by atoms with Crippen LogP contribution in [-0.2, 0) is 0 Å². The zero-order chi connectivity index (χ0) is 17.7. The lowest BCUT2D eigenvalue weighted by Crippen LogP contribution is -2.16. The molecule has 132 valence electrons. The minimum atomic E-state index is -2.76. The molecule has 4 nitrogen and oxygen atoms in total. The minimum absolute atomic E-state index is 0.101. The summed E-state index contributed by atoms with van der Waals surface area (Å²) in [5, 5.41) is 8.65. The van der Waals surface area contributed by atoms with E-state index in [4.69, 9.17) is 0 Å². The number of aromatic nitrogens is 2. The topological polar surface area (TPSA) is 57.8 Å². The Balaban J connectivity index is 1.66. The molecule has 2 aromatic rings. The second-order valence-corrected chi connectivity index (χ2v) is 7.37. The van der Waals surface area contributed by atoms with Crippen LogP contribution in [0.3, 0.4) is 0 Å². The van der Waals surface area contributed by atoms with Gasteiger partial charge in [0.1, 0.15) is 5.69 Å². The van der Waals surface area contributed by atoms with E-state index < -0.39 is 18.0 Å². The lowest BCUT2D eigenvalue weighted by molar-refractivity contribution is 0.101. The number of amides is 1. The number of H-pyrrole nitrogens is 1. The summed E-state index contributed by atoms with van der Waals surface area (Å²) in [4.78, 5) is 12.5. The molecule has 1 aromatic carbocycles. The fourth-order valence-electron chi connectivity index (χ4n) is 4.92. The van der Waals surface area contributed by atoms with Crippen molar-refractivity contribution in [3.8, 4) is 0 Å². The third-order valence-electron chi connectivity index (χ3n) is 5.78. The average molecular weight is 345 g/mol. The molecule has 0 aliphatic heterocycles. The number of aromatic amines is 1. The lowest BCUT2D eigenvalue weighted by atomic mass is 9.85. The van der Waals surface area contributed by atoms with Gasteiger partial charge in [-0.15, -0.1) is 0 Å². The Hall–Kier alpha value is -2.24. The van der Waals surface area contributed by atoms with E-state index in [1.807, 2.05) is 12.1 Å². The fraction of sp³-hybridized carbons (Fsp3) is 0.474. The molecule has 3 unspecified atom stereocenters. The van der Waals surface area contributed by atoms with Gasteiger partial charge in [-0.1, -0.05) is 26.0 Å². The highest BCUT2D eigenvalue weighted by Crippen LogP contribution is 2.61. The molecular formula is C19H21F2N3O. The van der Waals surface area contributed by atoms with Gasteiger partial charge in [-0.05, 0) is 53.7 Å². The summed E-state index contributed by atoms with van der Waals surface area (Å²) in [7, 11) is 0. The fourth-order valence-corrected chi connectivity index (χ4v) is 4.92. The van der Waals surface area contributed by atoms with E-state index >= 15 is 0 Å². The van der Waals surface area contributed by atoms with Crippen molar-refractivity contribution in [1.82, 2.24) is 10.2 Å². The normalized spacial score (nSPS) is 24.2. The number of benzene rings is 1. The molecule has 2 aliphatic carbocycles. The van der Waals surface area contributed by atoms with Gasteiger partial charge in [0, 0.05) is 5.69 Å².